The van der Waals surface area contributed by atoms with Crippen LogP contribution in [0.2, 0.25) is 0 Å². The van der Waals surface area contributed by atoms with Gasteiger partial charge in [-0.15, -0.1) is 0 Å². The molecule has 1 fully saturated rings. The van der Waals surface area contributed by atoms with Crippen molar-refractivity contribution in [3.8, 4) is 0 Å². The fourth-order valence-corrected chi connectivity index (χ4v) is 3.31. The zero-order valence-corrected chi connectivity index (χ0v) is 11.5. The van der Waals surface area contributed by atoms with E-state index in [1.807, 2.05) is 0 Å². The highest BCUT2D eigenvalue weighted by Crippen LogP contribution is 2.57. The molecule has 1 aliphatic carbocycles. The van der Waals surface area contributed by atoms with Gasteiger partial charge in [-0.3, -0.25) is 9.97 Å². The van der Waals surface area contributed by atoms with Crippen molar-refractivity contribution in [2.24, 2.45) is 11.8 Å². The summed E-state index contributed by atoms with van der Waals surface area (Å²) in [6.07, 6.45) is 6.25. The summed E-state index contributed by atoms with van der Waals surface area (Å²) in [5.41, 5.74) is 1.34. The quantitative estimate of drug-likeness (QED) is 0.723. The Morgan fingerprint density at radius 3 is 1.50 bits per heavy atom. The third-order valence-electron chi connectivity index (χ3n) is 4.23. The monoisotopic (exact) mass is 296 g/mol. The van der Waals surface area contributed by atoms with Gasteiger partial charge in [0.2, 0.25) is 0 Å². The second-order valence-corrected chi connectivity index (χ2v) is 5.31. The van der Waals surface area contributed by atoms with Gasteiger partial charge in [-0.25, -0.2) is 0 Å². The minimum atomic E-state index is -1.39. The van der Waals surface area contributed by atoms with Gasteiger partial charge in [0, 0.05) is 60.4 Å². The molecule has 2 heterocycles. The van der Waals surface area contributed by atoms with Gasteiger partial charge < -0.3 is 19.8 Å². The average molecular weight is 296 g/mol. The fraction of sp³-hybridized carbons (Fsp3) is 0.250. The van der Waals surface area contributed by atoms with E-state index >= 15 is 0 Å². The fourth-order valence-electron chi connectivity index (χ4n) is 3.31. The Morgan fingerprint density at radius 2 is 1.23 bits per heavy atom. The first kappa shape index (κ1) is 14.2. The molecule has 0 aromatic carbocycles. The van der Waals surface area contributed by atoms with Gasteiger partial charge >= 0.3 is 0 Å². The number of aromatic nitrogens is 2. The summed E-state index contributed by atoms with van der Waals surface area (Å²) in [5, 5.41) is 22.8. The van der Waals surface area contributed by atoms with E-state index in [4.69, 9.17) is 0 Å². The Bertz CT molecular complexity index is 628. The average Bonchev–Trinajstić information content (AvgIpc) is 2.47. The number of carbonyl (C=O) groups excluding carboxylic acids is 2. The van der Waals surface area contributed by atoms with Crippen LogP contribution >= 0.6 is 0 Å². The maximum atomic E-state index is 11.4. The van der Waals surface area contributed by atoms with E-state index in [0.29, 0.717) is 11.1 Å². The van der Waals surface area contributed by atoms with Crippen molar-refractivity contribution in [1.82, 2.24) is 9.97 Å². The number of carboxylic acid groups (broad SMARTS) is 2. The molecule has 3 rings (SSSR count). The standard InChI is InChI=1S/C16H14N2O4/c19-15(20)13-11(9-3-1-5-17-7-9)12(14(13)16(21)22)10-4-2-6-18-8-10/h1-8,11-14H,(H,19,20)(H,21,22)/p-2/t11-,12+,13+,14-. The first-order valence-electron chi connectivity index (χ1n) is 6.83. The van der Waals surface area contributed by atoms with Crippen LogP contribution in [0.4, 0.5) is 0 Å². The summed E-state index contributed by atoms with van der Waals surface area (Å²) in [7, 11) is 0. The van der Waals surface area contributed by atoms with Crippen molar-refractivity contribution in [1.29, 1.82) is 0 Å². The van der Waals surface area contributed by atoms with E-state index in [0.717, 1.165) is 0 Å². The van der Waals surface area contributed by atoms with Crippen LogP contribution < -0.4 is 10.2 Å². The summed E-state index contributed by atoms with van der Waals surface area (Å²) >= 11 is 0. The van der Waals surface area contributed by atoms with E-state index < -0.39 is 35.6 Å². The summed E-state index contributed by atoms with van der Waals surface area (Å²) in [5.74, 6) is -6.10. The topological polar surface area (TPSA) is 106 Å². The molecule has 6 heteroatoms. The Balaban J connectivity index is 2.07. The molecule has 4 atom stereocenters. The van der Waals surface area contributed by atoms with Gasteiger partial charge in [-0.2, -0.15) is 0 Å². The molecule has 0 N–H and O–H groups in total. The maximum absolute atomic E-state index is 11.4. The number of pyridine rings is 2. The molecule has 2 aromatic rings. The molecule has 1 saturated carbocycles. The Kier molecular flexibility index (Phi) is 3.58. The van der Waals surface area contributed by atoms with E-state index in [-0.39, 0.29) is 0 Å². The van der Waals surface area contributed by atoms with Crippen LogP contribution in [0.1, 0.15) is 23.0 Å². The zero-order chi connectivity index (χ0) is 15.7. The van der Waals surface area contributed by atoms with E-state index in [1.165, 1.54) is 0 Å². The molecule has 2 aromatic heterocycles. The van der Waals surface area contributed by atoms with Gasteiger partial charge in [0.15, 0.2) is 0 Å². The normalized spacial score (nSPS) is 26.9. The summed E-state index contributed by atoms with van der Waals surface area (Å²) in [6.45, 7) is 0. The smallest absolute Gasteiger partial charge is 0.0458 e. The number of nitrogens with zero attached hydrogens (tertiary/aromatic N) is 2. The largest absolute Gasteiger partial charge is 0.550 e. The first-order valence-corrected chi connectivity index (χ1v) is 6.83. The second kappa shape index (κ2) is 5.55. The van der Waals surface area contributed by atoms with Gasteiger partial charge in [0.1, 0.15) is 0 Å². The molecule has 0 unspecified atom stereocenters. The molecule has 0 aliphatic heterocycles. The van der Waals surface area contributed by atoms with Gasteiger partial charge in [0.05, 0.1) is 0 Å². The van der Waals surface area contributed by atoms with Crippen molar-refractivity contribution >= 4 is 11.9 Å². The third-order valence-corrected chi connectivity index (χ3v) is 4.23. The molecule has 0 spiro atoms. The van der Waals surface area contributed by atoms with Crippen LogP contribution in [-0.2, 0) is 9.59 Å². The maximum Gasteiger partial charge on any atom is 0.0458 e. The van der Waals surface area contributed by atoms with Gasteiger partial charge in [0.25, 0.3) is 0 Å². The van der Waals surface area contributed by atoms with Crippen molar-refractivity contribution in [3.05, 3.63) is 60.2 Å². The molecule has 0 saturated heterocycles. The van der Waals surface area contributed by atoms with Gasteiger partial charge in [-0.1, -0.05) is 12.1 Å². The van der Waals surface area contributed by atoms with E-state index in [9.17, 15) is 19.8 Å². The lowest BCUT2D eigenvalue weighted by Crippen LogP contribution is -2.58. The second-order valence-electron chi connectivity index (χ2n) is 5.31. The lowest BCUT2D eigenvalue weighted by molar-refractivity contribution is -0.335. The Morgan fingerprint density at radius 1 is 0.818 bits per heavy atom. The van der Waals surface area contributed by atoms with E-state index in [1.54, 1.807) is 49.1 Å². The van der Waals surface area contributed by atoms with Crippen LogP contribution in [-0.4, -0.2) is 21.9 Å². The minimum absolute atomic E-state index is 0.522. The minimum Gasteiger partial charge on any atom is -0.550 e. The third kappa shape index (κ3) is 2.22. The van der Waals surface area contributed by atoms with Crippen molar-refractivity contribution in [2.75, 3.05) is 0 Å². The SMILES string of the molecule is O=C([O-])[C@@H]1[C@H](C(=O)[O-])[C@@H](c2cccnc2)[C@H]1c1cccnc1. The van der Waals surface area contributed by atoms with Crippen LogP contribution in [0.5, 0.6) is 0 Å². The van der Waals surface area contributed by atoms with Crippen LogP contribution in [0.25, 0.3) is 0 Å². The van der Waals surface area contributed by atoms with Crippen LogP contribution in [0.3, 0.4) is 0 Å². The molecule has 1 aliphatic rings. The molecule has 0 amide bonds. The van der Waals surface area contributed by atoms with E-state index in [2.05, 4.69) is 9.97 Å². The predicted octanol–water partition coefficient (Wildman–Crippen LogP) is -0.910. The first-order chi connectivity index (χ1) is 10.6. The molecule has 0 bridgehead atoms. The van der Waals surface area contributed by atoms with Crippen molar-refractivity contribution in [3.63, 3.8) is 0 Å². The number of carboxylic acids is 2. The molecular weight excluding hydrogens is 284 g/mol. The van der Waals surface area contributed by atoms with Crippen molar-refractivity contribution < 1.29 is 19.8 Å². The highest BCUT2D eigenvalue weighted by atomic mass is 16.4. The lowest BCUT2D eigenvalue weighted by Gasteiger charge is -2.53. The lowest BCUT2D eigenvalue weighted by atomic mass is 9.53. The van der Waals surface area contributed by atoms with Crippen LogP contribution in [0.15, 0.2) is 49.1 Å². The zero-order valence-electron chi connectivity index (χ0n) is 11.5. The van der Waals surface area contributed by atoms with Crippen LogP contribution in [0, 0.1) is 11.8 Å². The highest BCUT2D eigenvalue weighted by Gasteiger charge is 2.53. The van der Waals surface area contributed by atoms with Crippen molar-refractivity contribution in [2.45, 2.75) is 11.8 Å². The number of hydrogen-bond donors (Lipinski definition) is 0. The molecule has 6 nitrogen and oxygen atoms in total. The summed E-state index contributed by atoms with van der Waals surface area (Å²) < 4.78 is 0. The summed E-state index contributed by atoms with van der Waals surface area (Å²) in [4.78, 5) is 30.8. The summed E-state index contributed by atoms with van der Waals surface area (Å²) in [6, 6.07) is 6.85. The molecular formula is C16H12N2O4-2. The molecule has 22 heavy (non-hydrogen) atoms. The molecule has 0 radical (unpaired) electrons. The predicted molar refractivity (Wildman–Crippen MR) is 71.0 cm³/mol. The highest BCUT2D eigenvalue weighted by molar-refractivity contribution is 5.83. The number of rotatable bonds is 4. The Labute approximate surface area is 126 Å². The number of aliphatic carboxylic acids is 2. The number of carbonyl (C=O) groups is 2. The number of hydrogen-bond acceptors (Lipinski definition) is 6. The Hall–Kier alpha value is -2.76. The van der Waals surface area contributed by atoms with Gasteiger partial charge in [-0.05, 0) is 23.3 Å². The molecule has 112 valence electrons.